The fourth-order valence-corrected chi connectivity index (χ4v) is 1.40. The van der Waals surface area contributed by atoms with Crippen molar-refractivity contribution < 1.29 is 9.47 Å². The molecule has 0 bridgehead atoms. The van der Waals surface area contributed by atoms with Gasteiger partial charge in [-0.2, -0.15) is 5.10 Å². The largest absolute Gasteiger partial charge is 0.490 e. The first-order chi connectivity index (χ1) is 6.34. The molecule has 2 rings (SSSR count). The fourth-order valence-electron chi connectivity index (χ4n) is 1.40. The SMILES string of the molecule is Cn1cc(OCC2CCOC2)cn1. The summed E-state index contributed by atoms with van der Waals surface area (Å²) in [5.41, 5.74) is 0. The number of hydrogen-bond acceptors (Lipinski definition) is 3. The number of aryl methyl sites for hydroxylation is 1. The Balaban J connectivity index is 1.78. The van der Waals surface area contributed by atoms with Crippen molar-refractivity contribution in [3.05, 3.63) is 12.4 Å². The van der Waals surface area contributed by atoms with E-state index >= 15 is 0 Å². The zero-order valence-corrected chi connectivity index (χ0v) is 7.77. The summed E-state index contributed by atoms with van der Waals surface area (Å²) in [6.45, 7) is 2.45. The van der Waals surface area contributed by atoms with E-state index in [9.17, 15) is 0 Å². The monoisotopic (exact) mass is 182 g/mol. The highest BCUT2D eigenvalue weighted by Gasteiger charge is 2.16. The van der Waals surface area contributed by atoms with Crippen molar-refractivity contribution in [3.8, 4) is 5.75 Å². The maximum absolute atomic E-state index is 5.55. The molecule has 0 radical (unpaired) electrons. The molecule has 72 valence electrons. The minimum atomic E-state index is 0.556. The maximum Gasteiger partial charge on any atom is 0.157 e. The van der Waals surface area contributed by atoms with Crippen LogP contribution in [0.25, 0.3) is 0 Å². The third kappa shape index (κ3) is 2.21. The minimum absolute atomic E-state index is 0.556. The summed E-state index contributed by atoms with van der Waals surface area (Å²) < 4.78 is 12.5. The quantitative estimate of drug-likeness (QED) is 0.694. The molecule has 0 aromatic carbocycles. The van der Waals surface area contributed by atoms with Gasteiger partial charge in [0.15, 0.2) is 5.75 Å². The third-order valence-corrected chi connectivity index (χ3v) is 2.19. The smallest absolute Gasteiger partial charge is 0.157 e. The van der Waals surface area contributed by atoms with Gasteiger partial charge < -0.3 is 9.47 Å². The maximum atomic E-state index is 5.55. The lowest BCUT2D eigenvalue weighted by atomic mass is 10.1. The van der Waals surface area contributed by atoms with Crippen molar-refractivity contribution in [2.75, 3.05) is 19.8 Å². The van der Waals surface area contributed by atoms with Crippen molar-refractivity contribution in [3.63, 3.8) is 0 Å². The lowest BCUT2D eigenvalue weighted by Gasteiger charge is -2.07. The predicted octanol–water partition coefficient (Wildman–Crippen LogP) is 0.835. The van der Waals surface area contributed by atoms with Crippen molar-refractivity contribution in [1.82, 2.24) is 9.78 Å². The van der Waals surface area contributed by atoms with Gasteiger partial charge in [0, 0.05) is 19.6 Å². The van der Waals surface area contributed by atoms with Gasteiger partial charge in [0.2, 0.25) is 0 Å². The van der Waals surface area contributed by atoms with Gasteiger partial charge in [-0.15, -0.1) is 0 Å². The summed E-state index contributed by atoms with van der Waals surface area (Å²) in [7, 11) is 1.88. The molecule has 1 saturated heterocycles. The van der Waals surface area contributed by atoms with E-state index in [1.54, 1.807) is 10.9 Å². The second-order valence-corrected chi connectivity index (χ2v) is 3.39. The van der Waals surface area contributed by atoms with Gasteiger partial charge in [-0.05, 0) is 6.42 Å². The van der Waals surface area contributed by atoms with Gasteiger partial charge in [-0.25, -0.2) is 0 Å². The van der Waals surface area contributed by atoms with Crippen LogP contribution >= 0.6 is 0 Å². The molecule has 2 heterocycles. The van der Waals surface area contributed by atoms with Crippen LogP contribution in [-0.4, -0.2) is 29.6 Å². The van der Waals surface area contributed by atoms with Crippen LogP contribution in [0.1, 0.15) is 6.42 Å². The second kappa shape index (κ2) is 3.79. The summed E-state index contributed by atoms with van der Waals surface area (Å²) in [6, 6.07) is 0. The topological polar surface area (TPSA) is 36.3 Å². The molecular formula is C9H14N2O2. The van der Waals surface area contributed by atoms with E-state index in [0.717, 1.165) is 32.0 Å². The first kappa shape index (κ1) is 8.56. The van der Waals surface area contributed by atoms with E-state index < -0.39 is 0 Å². The number of nitrogens with zero attached hydrogens (tertiary/aromatic N) is 2. The molecule has 0 amide bonds. The molecule has 0 spiro atoms. The Morgan fingerprint density at radius 3 is 3.31 bits per heavy atom. The van der Waals surface area contributed by atoms with Gasteiger partial charge in [-0.1, -0.05) is 0 Å². The van der Waals surface area contributed by atoms with Crippen LogP contribution in [0.15, 0.2) is 12.4 Å². The normalized spacial score (nSPS) is 22.1. The molecule has 1 aliphatic rings. The van der Waals surface area contributed by atoms with Crippen molar-refractivity contribution in [1.29, 1.82) is 0 Å². The average molecular weight is 182 g/mol. The molecule has 1 aromatic heterocycles. The molecule has 1 aliphatic heterocycles. The molecule has 1 atom stereocenters. The Kier molecular flexibility index (Phi) is 2.49. The summed E-state index contributed by atoms with van der Waals surface area (Å²) >= 11 is 0. The van der Waals surface area contributed by atoms with Crippen LogP contribution < -0.4 is 4.74 Å². The van der Waals surface area contributed by atoms with Crippen LogP contribution in [-0.2, 0) is 11.8 Å². The standard InChI is InChI=1S/C9H14N2O2/c1-11-5-9(4-10-11)13-7-8-2-3-12-6-8/h4-5,8H,2-3,6-7H2,1H3. The Morgan fingerprint density at radius 2 is 2.69 bits per heavy atom. The van der Waals surface area contributed by atoms with Crippen LogP contribution in [0.5, 0.6) is 5.75 Å². The molecule has 13 heavy (non-hydrogen) atoms. The molecular weight excluding hydrogens is 168 g/mol. The van der Waals surface area contributed by atoms with Gasteiger partial charge in [0.05, 0.1) is 25.6 Å². The van der Waals surface area contributed by atoms with Crippen LogP contribution in [0.3, 0.4) is 0 Å². The molecule has 1 aromatic rings. The lowest BCUT2D eigenvalue weighted by molar-refractivity contribution is 0.167. The molecule has 0 aliphatic carbocycles. The fraction of sp³-hybridized carbons (Fsp3) is 0.667. The lowest BCUT2D eigenvalue weighted by Crippen LogP contribution is -2.11. The highest BCUT2D eigenvalue weighted by Crippen LogP contribution is 2.15. The molecule has 4 heteroatoms. The predicted molar refractivity (Wildman–Crippen MR) is 47.6 cm³/mol. The zero-order valence-electron chi connectivity index (χ0n) is 7.77. The van der Waals surface area contributed by atoms with E-state index in [2.05, 4.69) is 5.10 Å². The highest BCUT2D eigenvalue weighted by atomic mass is 16.5. The average Bonchev–Trinajstić information content (AvgIpc) is 2.71. The second-order valence-electron chi connectivity index (χ2n) is 3.39. The van der Waals surface area contributed by atoms with Crippen molar-refractivity contribution >= 4 is 0 Å². The van der Waals surface area contributed by atoms with E-state index in [4.69, 9.17) is 9.47 Å². The first-order valence-electron chi connectivity index (χ1n) is 4.54. The molecule has 0 saturated carbocycles. The van der Waals surface area contributed by atoms with E-state index in [1.165, 1.54) is 0 Å². The Hall–Kier alpha value is -1.03. The molecule has 0 N–H and O–H groups in total. The zero-order chi connectivity index (χ0) is 9.10. The van der Waals surface area contributed by atoms with Crippen molar-refractivity contribution in [2.45, 2.75) is 6.42 Å². The first-order valence-corrected chi connectivity index (χ1v) is 4.54. The summed E-state index contributed by atoms with van der Waals surface area (Å²) in [4.78, 5) is 0. The van der Waals surface area contributed by atoms with E-state index in [-0.39, 0.29) is 0 Å². The number of ether oxygens (including phenoxy) is 2. The summed E-state index contributed by atoms with van der Waals surface area (Å²) in [6.07, 6.45) is 4.71. The molecule has 4 nitrogen and oxygen atoms in total. The molecule has 1 fully saturated rings. The number of aromatic nitrogens is 2. The Morgan fingerprint density at radius 1 is 1.77 bits per heavy atom. The van der Waals surface area contributed by atoms with Crippen molar-refractivity contribution in [2.24, 2.45) is 13.0 Å². The van der Waals surface area contributed by atoms with Gasteiger partial charge in [0.1, 0.15) is 0 Å². The third-order valence-electron chi connectivity index (χ3n) is 2.19. The van der Waals surface area contributed by atoms with E-state index in [1.807, 2.05) is 13.2 Å². The number of rotatable bonds is 3. The van der Waals surface area contributed by atoms with Gasteiger partial charge >= 0.3 is 0 Å². The Labute approximate surface area is 77.4 Å². The highest BCUT2D eigenvalue weighted by molar-refractivity contribution is 5.11. The molecule has 1 unspecified atom stereocenters. The van der Waals surface area contributed by atoms with Gasteiger partial charge in [0.25, 0.3) is 0 Å². The minimum Gasteiger partial charge on any atom is -0.490 e. The summed E-state index contributed by atoms with van der Waals surface area (Å²) in [5.74, 6) is 1.40. The Bertz CT molecular complexity index is 266. The number of hydrogen-bond donors (Lipinski definition) is 0. The van der Waals surface area contributed by atoms with Crippen LogP contribution in [0.4, 0.5) is 0 Å². The van der Waals surface area contributed by atoms with Gasteiger partial charge in [-0.3, -0.25) is 4.68 Å². The van der Waals surface area contributed by atoms with E-state index in [0.29, 0.717) is 5.92 Å². The van der Waals surface area contributed by atoms with Crippen LogP contribution in [0, 0.1) is 5.92 Å². The summed E-state index contributed by atoms with van der Waals surface area (Å²) in [5, 5.41) is 4.02. The van der Waals surface area contributed by atoms with Crippen LogP contribution in [0.2, 0.25) is 0 Å².